The van der Waals surface area contributed by atoms with E-state index in [9.17, 15) is 0 Å². The average Bonchev–Trinajstić information content (AvgIpc) is 2.38. The number of hydrogen-bond donors (Lipinski definition) is 1. The number of hydrogen-bond acceptors (Lipinski definition) is 3. The lowest BCUT2D eigenvalue weighted by molar-refractivity contribution is 0.573. The van der Waals surface area contributed by atoms with Crippen LogP contribution in [0.15, 0.2) is 43.0 Å². The first-order valence-electron chi connectivity index (χ1n) is 5.49. The number of benzene rings is 1. The molecule has 88 valence electrons. The zero-order chi connectivity index (χ0) is 12.1. The lowest BCUT2D eigenvalue weighted by Gasteiger charge is -2.15. The van der Waals surface area contributed by atoms with Crippen molar-refractivity contribution in [1.29, 1.82) is 0 Å². The molecule has 1 atom stereocenters. The maximum Gasteiger partial charge on any atom is 0.115 e. The Morgan fingerprint density at radius 3 is 2.65 bits per heavy atom. The van der Waals surface area contributed by atoms with Gasteiger partial charge < -0.3 is 5.32 Å². The van der Waals surface area contributed by atoms with Gasteiger partial charge in [0, 0.05) is 35.6 Å². The number of aromatic nitrogens is 2. The second kappa shape index (κ2) is 5.75. The Morgan fingerprint density at radius 2 is 1.94 bits per heavy atom. The van der Waals surface area contributed by atoms with Gasteiger partial charge in [-0.15, -0.1) is 0 Å². The lowest BCUT2D eigenvalue weighted by atomic mass is 10.1. The van der Waals surface area contributed by atoms with Crippen molar-refractivity contribution in [3.63, 3.8) is 0 Å². The Morgan fingerprint density at radius 1 is 1.24 bits per heavy atom. The van der Waals surface area contributed by atoms with Crippen LogP contribution in [0.4, 0.5) is 0 Å². The van der Waals surface area contributed by atoms with Crippen molar-refractivity contribution in [3.05, 3.63) is 59.1 Å². The SMILES string of the molecule is CC(NCc1cncnc1)c1ccccc1Cl. The quantitative estimate of drug-likeness (QED) is 0.903. The highest BCUT2D eigenvalue weighted by atomic mass is 35.5. The highest BCUT2D eigenvalue weighted by molar-refractivity contribution is 6.31. The first kappa shape index (κ1) is 12.0. The topological polar surface area (TPSA) is 37.8 Å². The van der Waals surface area contributed by atoms with Crippen LogP contribution >= 0.6 is 11.6 Å². The van der Waals surface area contributed by atoms with Crippen molar-refractivity contribution >= 4 is 11.6 Å². The molecule has 1 heterocycles. The molecule has 17 heavy (non-hydrogen) atoms. The summed E-state index contributed by atoms with van der Waals surface area (Å²) in [6, 6.07) is 8.06. The van der Waals surface area contributed by atoms with Gasteiger partial charge in [-0.3, -0.25) is 0 Å². The van der Waals surface area contributed by atoms with E-state index < -0.39 is 0 Å². The second-order valence-electron chi connectivity index (χ2n) is 3.87. The second-order valence-corrected chi connectivity index (χ2v) is 4.28. The largest absolute Gasteiger partial charge is 0.306 e. The van der Waals surface area contributed by atoms with E-state index in [4.69, 9.17) is 11.6 Å². The summed E-state index contributed by atoms with van der Waals surface area (Å²) in [6.45, 7) is 2.82. The van der Waals surface area contributed by atoms with Crippen LogP contribution in [0.1, 0.15) is 24.1 Å². The standard InChI is InChI=1S/C13H14ClN3/c1-10(12-4-2-3-5-13(12)14)17-8-11-6-15-9-16-7-11/h2-7,9-10,17H,8H2,1H3. The zero-order valence-electron chi connectivity index (χ0n) is 9.60. The Bertz CT molecular complexity index is 473. The zero-order valence-corrected chi connectivity index (χ0v) is 10.4. The van der Waals surface area contributed by atoms with Crippen molar-refractivity contribution in [2.75, 3.05) is 0 Å². The number of nitrogens with zero attached hydrogens (tertiary/aromatic N) is 2. The van der Waals surface area contributed by atoms with Crippen molar-refractivity contribution in [2.24, 2.45) is 0 Å². The van der Waals surface area contributed by atoms with Crippen LogP contribution in [0, 0.1) is 0 Å². The van der Waals surface area contributed by atoms with E-state index in [0.717, 1.165) is 22.7 Å². The molecule has 0 amide bonds. The average molecular weight is 248 g/mol. The first-order chi connectivity index (χ1) is 8.27. The summed E-state index contributed by atoms with van der Waals surface area (Å²) < 4.78 is 0. The van der Waals surface area contributed by atoms with Crippen LogP contribution in [0.2, 0.25) is 5.02 Å². The summed E-state index contributed by atoms with van der Waals surface area (Å²) in [7, 11) is 0. The fourth-order valence-corrected chi connectivity index (χ4v) is 1.93. The molecule has 0 spiro atoms. The molecule has 2 aromatic rings. The summed E-state index contributed by atoms with van der Waals surface area (Å²) in [5.41, 5.74) is 2.16. The van der Waals surface area contributed by atoms with Gasteiger partial charge >= 0.3 is 0 Å². The van der Waals surface area contributed by atoms with E-state index in [0.29, 0.717) is 0 Å². The summed E-state index contributed by atoms with van der Waals surface area (Å²) in [5, 5.41) is 4.18. The molecular formula is C13H14ClN3. The molecule has 0 fully saturated rings. The maximum absolute atomic E-state index is 6.14. The molecule has 1 aromatic heterocycles. The van der Waals surface area contributed by atoms with Gasteiger partial charge in [0.05, 0.1) is 0 Å². The van der Waals surface area contributed by atoms with Gasteiger partial charge in [-0.25, -0.2) is 9.97 Å². The third-order valence-electron chi connectivity index (χ3n) is 2.60. The van der Waals surface area contributed by atoms with Crippen LogP contribution in [0.25, 0.3) is 0 Å². The van der Waals surface area contributed by atoms with Gasteiger partial charge in [-0.2, -0.15) is 0 Å². The van der Waals surface area contributed by atoms with E-state index >= 15 is 0 Å². The molecule has 1 unspecified atom stereocenters. The molecular weight excluding hydrogens is 234 g/mol. The molecule has 0 aliphatic heterocycles. The molecule has 1 aromatic carbocycles. The molecule has 4 heteroatoms. The molecule has 0 aliphatic carbocycles. The Labute approximate surface area is 106 Å². The fraction of sp³-hybridized carbons (Fsp3) is 0.231. The predicted molar refractivity (Wildman–Crippen MR) is 68.7 cm³/mol. The van der Waals surface area contributed by atoms with E-state index in [-0.39, 0.29) is 6.04 Å². The minimum absolute atomic E-state index is 0.198. The van der Waals surface area contributed by atoms with Crippen LogP contribution in [-0.4, -0.2) is 9.97 Å². The van der Waals surface area contributed by atoms with Gasteiger partial charge in [0.15, 0.2) is 0 Å². The highest BCUT2D eigenvalue weighted by Crippen LogP contribution is 2.22. The number of nitrogens with one attached hydrogen (secondary N) is 1. The molecule has 0 aliphatic rings. The van der Waals surface area contributed by atoms with E-state index in [1.165, 1.54) is 6.33 Å². The molecule has 1 N–H and O–H groups in total. The van der Waals surface area contributed by atoms with Crippen LogP contribution in [-0.2, 0) is 6.54 Å². The third-order valence-corrected chi connectivity index (χ3v) is 2.94. The predicted octanol–water partition coefficient (Wildman–Crippen LogP) is 2.98. The van der Waals surface area contributed by atoms with Gasteiger partial charge in [-0.05, 0) is 18.6 Å². The van der Waals surface area contributed by atoms with Crippen molar-refractivity contribution in [3.8, 4) is 0 Å². The maximum atomic E-state index is 6.14. The minimum atomic E-state index is 0.198. The summed E-state index contributed by atoms with van der Waals surface area (Å²) >= 11 is 6.14. The number of rotatable bonds is 4. The molecule has 0 saturated carbocycles. The molecule has 3 nitrogen and oxygen atoms in total. The van der Waals surface area contributed by atoms with Gasteiger partial charge in [0.1, 0.15) is 6.33 Å². The van der Waals surface area contributed by atoms with Crippen molar-refractivity contribution < 1.29 is 0 Å². The Hall–Kier alpha value is -1.45. The molecule has 0 saturated heterocycles. The monoisotopic (exact) mass is 247 g/mol. The number of halogens is 1. The van der Waals surface area contributed by atoms with E-state index in [1.807, 2.05) is 24.3 Å². The summed E-state index contributed by atoms with van der Waals surface area (Å²) in [6.07, 6.45) is 5.14. The molecule has 0 radical (unpaired) electrons. The molecule has 0 bridgehead atoms. The normalized spacial score (nSPS) is 12.4. The fourth-order valence-electron chi connectivity index (χ4n) is 1.63. The molecule has 2 rings (SSSR count). The Kier molecular flexibility index (Phi) is 4.07. The van der Waals surface area contributed by atoms with Crippen molar-refractivity contribution in [1.82, 2.24) is 15.3 Å². The lowest BCUT2D eigenvalue weighted by Crippen LogP contribution is -2.18. The van der Waals surface area contributed by atoms with Crippen molar-refractivity contribution in [2.45, 2.75) is 19.5 Å². The summed E-state index contributed by atoms with van der Waals surface area (Å²) in [5.74, 6) is 0. The van der Waals surface area contributed by atoms with Gasteiger partial charge in [-0.1, -0.05) is 29.8 Å². The third kappa shape index (κ3) is 3.25. The van der Waals surface area contributed by atoms with Gasteiger partial charge in [0.25, 0.3) is 0 Å². The van der Waals surface area contributed by atoms with Gasteiger partial charge in [0.2, 0.25) is 0 Å². The van der Waals surface area contributed by atoms with Crippen LogP contribution < -0.4 is 5.32 Å². The highest BCUT2D eigenvalue weighted by Gasteiger charge is 2.08. The smallest absolute Gasteiger partial charge is 0.115 e. The van der Waals surface area contributed by atoms with Crippen LogP contribution in [0.3, 0.4) is 0 Å². The minimum Gasteiger partial charge on any atom is -0.306 e. The summed E-state index contributed by atoms with van der Waals surface area (Å²) in [4.78, 5) is 7.95. The Balaban J connectivity index is 1.99. The van der Waals surface area contributed by atoms with E-state index in [2.05, 4.69) is 22.2 Å². The first-order valence-corrected chi connectivity index (χ1v) is 5.87. The van der Waals surface area contributed by atoms with Crippen LogP contribution in [0.5, 0.6) is 0 Å². The van der Waals surface area contributed by atoms with E-state index in [1.54, 1.807) is 12.4 Å².